The quantitative estimate of drug-likeness (QED) is 0.591. The van der Waals surface area contributed by atoms with Crippen LogP contribution in [-0.2, 0) is 19.4 Å². The zero-order chi connectivity index (χ0) is 12.6. The van der Waals surface area contributed by atoms with Crippen molar-refractivity contribution < 1.29 is 28.2 Å². The van der Waals surface area contributed by atoms with E-state index in [0.717, 1.165) is 0 Å². The van der Waals surface area contributed by atoms with Crippen LogP contribution in [0.15, 0.2) is 0 Å². The van der Waals surface area contributed by atoms with E-state index >= 15 is 0 Å². The van der Waals surface area contributed by atoms with Crippen LogP contribution in [0.5, 0.6) is 0 Å². The molecule has 17 heavy (non-hydrogen) atoms. The van der Waals surface area contributed by atoms with Crippen LogP contribution in [0, 0.1) is 0 Å². The van der Waals surface area contributed by atoms with Crippen molar-refractivity contribution in [3.63, 3.8) is 0 Å². The summed E-state index contributed by atoms with van der Waals surface area (Å²) in [6, 6.07) is -0.509. The number of hydrogen-bond donors (Lipinski definition) is 2. The summed E-state index contributed by atoms with van der Waals surface area (Å²) in [5.41, 5.74) is 0. The summed E-state index contributed by atoms with van der Waals surface area (Å²) in [4.78, 5) is 12.5. The van der Waals surface area contributed by atoms with Crippen molar-refractivity contribution in [1.82, 2.24) is 4.90 Å². The monoisotopic (exact) mass is 265 g/mol. The number of morpholine rings is 1. The normalized spacial score (nSPS) is 38.1. The summed E-state index contributed by atoms with van der Waals surface area (Å²) < 4.78 is 27.8. The Hall–Kier alpha value is -0.700. The van der Waals surface area contributed by atoms with Gasteiger partial charge in [-0.05, 0) is 0 Å². The van der Waals surface area contributed by atoms with E-state index in [2.05, 4.69) is 0 Å². The number of carbonyl (C=O) groups is 1. The zero-order valence-corrected chi connectivity index (χ0v) is 9.97. The molecule has 3 unspecified atom stereocenters. The summed E-state index contributed by atoms with van der Waals surface area (Å²) in [5, 5.41) is 18.5. The lowest BCUT2D eigenvalue weighted by atomic mass is 10.1. The molecule has 0 aliphatic carbocycles. The lowest BCUT2D eigenvalue weighted by molar-refractivity contribution is -0.157. The van der Waals surface area contributed by atoms with E-state index in [1.165, 1.54) is 0 Å². The largest absolute Gasteiger partial charge is 0.479 e. The van der Waals surface area contributed by atoms with Crippen molar-refractivity contribution in [2.24, 2.45) is 0 Å². The second-order valence-corrected chi connectivity index (χ2v) is 6.56. The first-order valence-electron chi connectivity index (χ1n) is 5.36. The predicted molar refractivity (Wildman–Crippen MR) is 57.4 cm³/mol. The molecule has 7 nitrogen and oxygen atoms in total. The van der Waals surface area contributed by atoms with E-state index in [4.69, 9.17) is 9.84 Å². The van der Waals surface area contributed by atoms with Gasteiger partial charge < -0.3 is 14.9 Å². The number of ether oxygens (including phenoxy) is 1. The molecule has 0 aromatic heterocycles. The molecule has 0 spiro atoms. The SMILES string of the molecule is O=C(O)C1CN(C2CS(=O)(=O)CC2O)CCO1. The van der Waals surface area contributed by atoms with Gasteiger partial charge in [0.25, 0.3) is 0 Å². The second-order valence-electron chi connectivity index (χ2n) is 4.40. The highest BCUT2D eigenvalue weighted by Gasteiger charge is 2.42. The number of carboxylic acids is 1. The minimum atomic E-state index is -3.21. The minimum absolute atomic E-state index is 0.111. The van der Waals surface area contributed by atoms with E-state index in [1.807, 2.05) is 0 Å². The maximum Gasteiger partial charge on any atom is 0.334 e. The standard InChI is InChI=1S/C9H15NO6S/c11-7-5-17(14,15)4-6(7)10-1-2-16-8(3-10)9(12)13/h6-8,11H,1-5H2,(H,12,13). The fourth-order valence-corrected chi connectivity index (χ4v) is 4.11. The van der Waals surface area contributed by atoms with Crippen LogP contribution in [0.1, 0.15) is 0 Å². The molecule has 0 saturated carbocycles. The molecular weight excluding hydrogens is 250 g/mol. The molecule has 2 N–H and O–H groups in total. The van der Waals surface area contributed by atoms with Crippen molar-refractivity contribution >= 4 is 15.8 Å². The molecule has 0 bridgehead atoms. The van der Waals surface area contributed by atoms with Gasteiger partial charge in [0.15, 0.2) is 15.9 Å². The summed E-state index contributed by atoms with van der Waals surface area (Å²) >= 11 is 0. The average Bonchev–Trinajstić information content (AvgIpc) is 2.52. The van der Waals surface area contributed by atoms with Crippen molar-refractivity contribution in [2.45, 2.75) is 18.2 Å². The van der Waals surface area contributed by atoms with E-state index in [-0.39, 0.29) is 24.7 Å². The molecule has 0 radical (unpaired) electrons. The number of aliphatic carboxylic acids is 1. The fourth-order valence-electron chi connectivity index (χ4n) is 2.28. The molecule has 2 heterocycles. The number of sulfone groups is 1. The predicted octanol–water partition coefficient (Wildman–Crippen LogP) is -2.07. The van der Waals surface area contributed by atoms with Crippen molar-refractivity contribution in [3.8, 4) is 0 Å². The van der Waals surface area contributed by atoms with Gasteiger partial charge in [0, 0.05) is 13.1 Å². The molecule has 0 aromatic rings. The smallest absolute Gasteiger partial charge is 0.334 e. The van der Waals surface area contributed by atoms with Gasteiger partial charge in [0.05, 0.1) is 30.3 Å². The zero-order valence-electron chi connectivity index (χ0n) is 9.15. The van der Waals surface area contributed by atoms with Crippen LogP contribution >= 0.6 is 0 Å². The Morgan fingerprint density at radius 2 is 2.06 bits per heavy atom. The highest BCUT2D eigenvalue weighted by atomic mass is 32.2. The highest BCUT2D eigenvalue weighted by molar-refractivity contribution is 7.91. The summed E-state index contributed by atoms with van der Waals surface area (Å²) in [7, 11) is -3.21. The molecule has 8 heteroatoms. The third kappa shape index (κ3) is 2.76. The van der Waals surface area contributed by atoms with Crippen LogP contribution < -0.4 is 0 Å². The highest BCUT2D eigenvalue weighted by Crippen LogP contribution is 2.20. The molecule has 2 fully saturated rings. The van der Waals surface area contributed by atoms with E-state index in [0.29, 0.717) is 6.54 Å². The van der Waals surface area contributed by atoms with Crippen molar-refractivity contribution in [3.05, 3.63) is 0 Å². The van der Waals surface area contributed by atoms with E-state index in [9.17, 15) is 18.3 Å². The van der Waals surface area contributed by atoms with E-state index < -0.39 is 34.1 Å². The minimum Gasteiger partial charge on any atom is -0.479 e. The summed E-state index contributed by atoms with van der Waals surface area (Å²) in [5.74, 6) is -1.42. The number of aliphatic hydroxyl groups excluding tert-OH is 1. The van der Waals surface area contributed by atoms with Crippen molar-refractivity contribution in [2.75, 3.05) is 31.2 Å². The van der Waals surface area contributed by atoms with Crippen LogP contribution in [0.25, 0.3) is 0 Å². The summed E-state index contributed by atoms with van der Waals surface area (Å²) in [6.45, 7) is 0.799. The number of carboxylic acid groups (broad SMARTS) is 1. The van der Waals surface area contributed by atoms with Crippen LogP contribution in [0.4, 0.5) is 0 Å². The third-order valence-electron chi connectivity index (χ3n) is 3.14. The van der Waals surface area contributed by atoms with Gasteiger partial charge in [-0.1, -0.05) is 0 Å². The first-order chi connectivity index (χ1) is 7.89. The lowest BCUT2D eigenvalue weighted by Crippen LogP contribution is -2.53. The first-order valence-corrected chi connectivity index (χ1v) is 7.18. The van der Waals surface area contributed by atoms with Gasteiger partial charge in [0.2, 0.25) is 0 Å². The molecule has 2 rings (SSSR count). The molecule has 2 aliphatic heterocycles. The van der Waals surface area contributed by atoms with Crippen LogP contribution in [-0.4, -0.2) is 79.0 Å². The molecule has 98 valence electrons. The number of nitrogens with zero attached hydrogens (tertiary/aromatic N) is 1. The lowest BCUT2D eigenvalue weighted by Gasteiger charge is -2.35. The number of aliphatic hydroxyl groups is 1. The Morgan fingerprint density at radius 1 is 1.35 bits per heavy atom. The Bertz CT molecular complexity index is 408. The van der Waals surface area contributed by atoms with Gasteiger partial charge in [-0.3, -0.25) is 4.90 Å². The maximum atomic E-state index is 11.4. The van der Waals surface area contributed by atoms with Crippen LogP contribution in [0.3, 0.4) is 0 Å². The summed E-state index contributed by atoms with van der Waals surface area (Å²) in [6.07, 6.45) is -1.88. The maximum absolute atomic E-state index is 11.4. The molecule has 3 atom stereocenters. The van der Waals surface area contributed by atoms with Gasteiger partial charge in [-0.2, -0.15) is 0 Å². The van der Waals surface area contributed by atoms with Gasteiger partial charge >= 0.3 is 5.97 Å². The Balaban J connectivity index is 2.05. The van der Waals surface area contributed by atoms with Crippen molar-refractivity contribution in [1.29, 1.82) is 0 Å². The molecule has 2 saturated heterocycles. The van der Waals surface area contributed by atoms with Gasteiger partial charge in [0.1, 0.15) is 0 Å². The van der Waals surface area contributed by atoms with E-state index in [1.54, 1.807) is 4.90 Å². The molecule has 0 amide bonds. The Labute approximate surface area is 98.9 Å². The van der Waals surface area contributed by atoms with Crippen LogP contribution in [0.2, 0.25) is 0 Å². The second kappa shape index (κ2) is 4.52. The van der Waals surface area contributed by atoms with Gasteiger partial charge in [-0.15, -0.1) is 0 Å². The third-order valence-corrected chi connectivity index (χ3v) is 4.83. The molecular formula is C9H15NO6S. The topological polar surface area (TPSA) is 104 Å². The molecule has 0 aromatic carbocycles. The Morgan fingerprint density at radius 3 is 2.59 bits per heavy atom. The Kier molecular flexibility index (Phi) is 3.39. The number of hydrogen-bond acceptors (Lipinski definition) is 6. The number of rotatable bonds is 2. The fraction of sp³-hybridized carbons (Fsp3) is 0.889. The molecule has 2 aliphatic rings. The first kappa shape index (κ1) is 12.7. The van der Waals surface area contributed by atoms with Gasteiger partial charge in [-0.25, -0.2) is 13.2 Å². The average molecular weight is 265 g/mol.